The SMILES string of the molecule is COc1ccc(OC)c(N2CC(c3nc(C)no3)CC2=O)c1. The highest BCUT2D eigenvalue weighted by atomic mass is 16.5. The third-order valence-electron chi connectivity index (χ3n) is 3.69. The van der Waals surface area contributed by atoms with E-state index < -0.39 is 0 Å². The first-order chi connectivity index (χ1) is 10.6. The fraction of sp³-hybridized carbons (Fsp3) is 0.400. The van der Waals surface area contributed by atoms with Crippen LogP contribution in [0.3, 0.4) is 0 Å². The van der Waals surface area contributed by atoms with Crippen molar-refractivity contribution in [3.63, 3.8) is 0 Å². The molecule has 2 aromatic rings. The van der Waals surface area contributed by atoms with Crippen LogP contribution in [0.25, 0.3) is 0 Å². The number of rotatable bonds is 4. The maximum atomic E-state index is 12.4. The monoisotopic (exact) mass is 303 g/mol. The van der Waals surface area contributed by atoms with E-state index in [2.05, 4.69) is 10.1 Å². The predicted molar refractivity (Wildman–Crippen MR) is 78.3 cm³/mol. The molecule has 2 heterocycles. The Morgan fingerprint density at radius 2 is 2.14 bits per heavy atom. The first kappa shape index (κ1) is 14.4. The quantitative estimate of drug-likeness (QED) is 0.858. The molecule has 1 saturated heterocycles. The number of amides is 1. The molecule has 0 spiro atoms. The minimum Gasteiger partial charge on any atom is -0.497 e. The van der Waals surface area contributed by atoms with E-state index in [1.807, 2.05) is 0 Å². The second-order valence-corrected chi connectivity index (χ2v) is 5.12. The third kappa shape index (κ3) is 2.49. The number of benzene rings is 1. The van der Waals surface area contributed by atoms with Gasteiger partial charge in [-0.15, -0.1) is 0 Å². The Hall–Kier alpha value is -2.57. The summed E-state index contributed by atoms with van der Waals surface area (Å²) in [5, 5.41) is 3.78. The smallest absolute Gasteiger partial charge is 0.232 e. The van der Waals surface area contributed by atoms with Crippen molar-refractivity contribution >= 4 is 11.6 Å². The van der Waals surface area contributed by atoms with E-state index in [1.54, 1.807) is 44.2 Å². The lowest BCUT2D eigenvalue weighted by atomic mass is 10.1. The molecule has 116 valence electrons. The molecule has 1 aromatic carbocycles. The topological polar surface area (TPSA) is 77.7 Å². The van der Waals surface area contributed by atoms with Crippen molar-refractivity contribution in [3.8, 4) is 11.5 Å². The Kier molecular flexibility index (Phi) is 3.70. The molecule has 7 nitrogen and oxygen atoms in total. The molecular weight excluding hydrogens is 286 g/mol. The first-order valence-electron chi connectivity index (χ1n) is 6.95. The molecule has 7 heteroatoms. The molecule has 0 bridgehead atoms. The molecule has 3 rings (SSSR count). The predicted octanol–water partition coefficient (Wildman–Crippen LogP) is 1.92. The van der Waals surface area contributed by atoms with Crippen molar-refractivity contribution in [1.29, 1.82) is 0 Å². The van der Waals surface area contributed by atoms with Crippen LogP contribution in [0.2, 0.25) is 0 Å². The fourth-order valence-corrected chi connectivity index (χ4v) is 2.59. The van der Waals surface area contributed by atoms with E-state index in [-0.39, 0.29) is 11.8 Å². The van der Waals surface area contributed by atoms with Crippen LogP contribution in [0.15, 0.2) is 22.7 Å². The van der Waals surface area contributed by atoms with E-state index in [0.717, 1.165) is 0 Å². The molecule has 1 aliphatic heterocycles. The molecule has 22 heavy (non-hydrogen) atoms. The van der Waals surface area contributed by atoms with Gasteiger partial charge in [-0.2, -0.15) is 4.98 Å². The van der Waals surface area contributed by atoms with Crippen molar-refractivity contribution in [1.82, 2.24) is 10.1 Å². The lowest BCUT2D eigenvalue weighted by molar-refractivity contribution is -0.117. The van der Waals surface area contributed by atoms with Crippen LogP contribution in [0.5, 0.6) is 11.5 Å². The van der Waals surface area contributed by atoms with Gasteiger partial charge in [0.05, 0.1) is 25.8 Å². The Morgan fingerprint density at radius 1 is 1.32 bits per heavy atom. The zero-order valence-corrected chi connectivity index (χ0v) is 12.7. The summed E-state index contributed by atoms with van der Waals surface area (Å²) < 4.78 is 15.8. The zero-order chi connectivity index (χ0) is 15.7. The minimum atomic E-state index is -0.107. The van der Waals surface area contributed by atoms with Gasteiger partial charge in [0.25, 0.3) is 0 Å². The molecule has 1 atom stereocenters. The Morgan fingerprint density at radius 3 is 2.77 bits per heavy atom. The van der Waals surface area contributed by atoms with E-state index in [1.165, 1.54) is 0 Å². The van der Waals surface area contributed by atoms with E-state index >= 15 is 0 Å². The largest absolute Gasteiger partial charge is 0.497 e. The van der Waals surface area contributed by atoms with Crippen LogP contribution >= 0.6 is 0 Å². The van der Waals surface area contributed by atoms with Gasteiger partial charge in [-0.25, -0.2) is 0 Å². The summed E-state index contributed by atoms with van der Waals surface area (Å²) in [4.78, 5) is 18.3. The summed E-state index contributed by atoms with van der Waals surface area (Å²) in [7, 11) is 3.16. The summed E-state index contributed by atoms with van der Waals surface area (Å²) in [6, 6.07) is 5.37. The molecule has 1 unspecified atom stereocenters. The second kappa shape index (κ2) is 5.67. The summed E-state index contributed by atoms with van der Waals surface area (Å²) in [5.41, 5.74) is 0.686. The van der Waals surface area contributed by atoms with Gasteiger partial charge < -0.3 is 18.9 Å². The maximum absolute atomic E-state index is 12.4. The van der Waals surface area contributed by atoms with E-state index in [9.17, 15) is 4.79 Å². The highest BCUT2D eigenvalue weighted by Crippen LogP contribution is 2.38. The van der Waals surface area contributed by atoms with Crippen LogP contribution in [0.4, 0.5) is 5.69 Å². The second-order valence-electron chi connectivity index (χ2n) is 5.12. The van der Waals surface area contributed by atoms with Crippen molar-refractivity contribution < 1.29 is 18.8 Å². The number of aromatic nitrogens is 2. The molecule has 0 N–H and O–H groups in total. The molecule has 1 aliphatic rings. The standard InChI is InChI=1S/C15H17N3O4/c1-9-16-15(22-17-9)10-6-14(19)18(8-10)12-7-11(20-2)4-5-13(12)21-3/h4-5,7,10H,6,8H2,1-3H3. The van der Waals surface area contributed by atoms with Crippen LogP contribution in [-0.2, 0) is 4.79 Å². The van der Waals surface area contributed by atoms with Crippen molar-refractivity contribution in [3.05, 3.63) is 29.9 Å². The lowest BCUT2D eigenvalue weighted by Gasteiger charge is -2.20. The molecule has 1 fully saturated rings. The van der Waals surface area contributed by atoms with Crippen LogP contribution in [0, 0.1) is 6.92 Å². The summed E-state index contributed by atoms with van der Waals surface area (Å²) >= 11 is 0. The fourth-order valence-electron chi connectivity index (χ4n) is 2.59. The summed E-state index contributed by atoms with van der Waals surface area (Å²) in [6.45, 7) is 2.23. The summed E-state index contributed by atoms with van der Waals surface area (Å²) in [6.07, 6.45) is 0.335. The van der Waals surface area contributed by atoms with Crippen molar-refractivity contribution in [2.75, 3.05) is 25.7 Å². The number of methoxy groups -OCH3 is 2. The van der Waals surface area contributed by atoms with E-state index in [0.29, 0.717) is 41.9 Å². The zero-order valence-electron chi connectivity index (χ0n) is 12.7. The number of hydrogen-bond acceptors (Lipinski definition) is 6. The molecule has 1 amide bonds. The van der Waals surface area contributed by atoms with Gasteiger partial charge in [-0.1, -0.05) is 5.16 Å². The normalized spacial score (nSPS) is 17.9. The Labute approximate surface area is 127 Å². The third-order valence-corrected chi connectivity index (χ3v) is 3.69. The van der Waals surface area contributed by atoms with Crippen molar-refractivity contribution in [2.45, 2.75) is 19.3 Å². The molecule has 1 aromatic heterocycles. The number of anilines is 1. The van der Waals surface area contributed by atoms with Crippen LogP contribution in [-0.4, -0.2) is 36.8 Å². The van der Waals surface area contributed by atoms with Gasteiger partial charge in [0.2, 0.25) is 11.8 Å². The van der Waals surface area contributed by atoms with Gasteiger partial charge in [0.1, 0.15) is 11.5 Å². The number of ether oxygens (including phenoxy) is 2. The van der Waals surface area contributed by atoms with Crippen LogP contribution < -0.4 is 14.4 Å². The molecule has 0 radical (unpaired) electrons. The number of hydrogen-bond donors (Lipinski definition) is 0. The van der Waals surface area contributed by atoms with Gasteiger partial charge in [-0.3, -0.25) is 4.79 Å². The lowest BCUT2D eigenvalue weighted by Crippen LogP contribution is -2.24. The average Bonchev–Trinajstić information content (AvgIpc) is 3.12. The van der Waals surface area contributed by atoms with Crippen molar-refractivity contribution in [2.24, 2.45) is 0 Å². The van der Waals surface area contributed by atoms with Gasteiger partial charge >= 0.3 is 0 Å². The minimum absolute atomic E-state index is 0.00703. The molecule has 0 aliphatic carbocycles. The molecular formula is C15H17N3O4. The number of carbonyl (C=O) groups excluding carboxylic acids is 1. The Bertz CT molecular complexity index is 698. The average molecular weight is 303 g/mol. The number of nitrogens with zero attached hydrogens (tertiary/aromatic N) is 3. The number of carbonyl (C=O) groups is 1. The van der Waals surface area contributed by atoms with E-state index in [4.69, 9.17) is 14.0 Å². The van der Waals surface area contributed by atoms with Gasteiger partial charge in [0, 0.05) is 19.0 Å². The van der Waals surface area contributed by atoms with Gasteiger partial charge in [0.15, 0.2) is 5.82 Å². The highest BCUT2D eigenvalue weighted by Gasteiger charge is 2.36. The highest BCUT2D eigenvalue weighted by molar-refractivity contribution is 5.98. The molecule has 0 saturated carbocycles. The summed E-state index contributed by atoms with van der Waals surface area (Å²) in [5.74, 6) is 2.24. The van der Waals surface area contributed by atoms with Gasteiger partial charge in [-0.05, 0) is 19.1 Å². The Balaban J connectivity index is 1.90. The van der Waals surface area contributed by atoms with Crippen LogP contribution in [0.1, 0.15) is 24.1 Å². The number of aryl methyl sites for hydroxylation is 1. The maximum Gasteiger partial charge on any atom is 0.232 e. The first-order valence-corrected chi connectivity index (χ1v) is 6.95.